The first kappa shape index (κ1) is 26.0. The number of benzene rings is 1. The van der Waals surface area contributed by atoms with Crippen LogP contribution >= 0.6 is 11.3 Å². The molecule has 1 saturated carbocycles. The van der Waals surface area contributed by atoms with Crippen LogP contribution in [0.4, 0.5) is 11.1 Å². The van der Waals surface area contributed by atoms with E-state index in [1.807, 2.05) is 30.5 Å². The third-order valence-electron chi connectivity index (χ3n) is 8.43. The summed E-state index contributed by atoms with van der Waals surface area (Å²) < 4.78 is 0. The van der Waals surface area contributed by atoms with Gasteiger partial charge in [-0.25, -0.2) is 9.97 Å². The molecular formula is C31H33N7O2S. The second kappa shape index (κ2) is 11.2. The number of thiazole rings is 1. The quantitative estimate of drug-likeness (QED) is 0.358. The molecule has 3 aromatic rings. The first-order valence-electron chi connectivity index (χ1n) is 14.5. The molecule has 2 aliphatic heterocycles. The van der Waals surface area contributed by atoms with Gasteiger partial charge in [0.25, 0.3) is 11.8 Å². The highest BCUT2D eigenvalue weighted by Crippen LogP contribution is 2.32. The van der Waals surface area contributed by atoms with E-state index in [2.05, 4.69) is 36.6 Å². The summed E-state index contributed by atoms with van der Waals surface area (Å²) in [5, 5.41) is 6.42. The van der Waals surface area contributed by atoms with E-state index >= 15 is 0 Å². The number of nitrogens with one attached hydrogen (secondary N) is 3. The van der Waals surface area contributed by atoms with E-state index in [0.29, 0.717) is 27.4 Å². The summed E-state index contributed by atoms with van der Waals surface area (Å²) in [5.41, 5.74) is 4.05. The van der Waals surface area contributed by atoms with Crippen molar-refractivity contribution < 1.29 is 9.59 Å². The van der Waals surface area contributed by atoms with Crippen molar-refractivity contribution in [2.24, 2.45) is 16.8 Å². The first-order chi connectivity index (χ1) is 20.1. The lowest BCUT2D eigenvalue weighted by Crippen LogP contribution is -2.34. The molecule has 1 aromatic carbocycles. The van der Waals surface area contributed by atoms with Crippen molar-refractivity contribution in [2.45, 2.75) is 51.5 Å². The van der Waals surface area contributed by atoms with Crippen molar-refractivity contribution in [3.63, 3.8) is 0 Å². The number of hydrogen-bond acceptors (Lipinski definition) is 7. The molecule has 41 heavy (non-hydrogen) atoms. The maximum absolute atomic E-state index is 13.3. The van der Waals surface area contributed by atoms with Crippen LogP contribution in [0.1, 0.15) is 59.5 Å². The number of H-pyrrole nitrogens is 1. The van der Waals surface area contributed by atoms with Crippen LogP contribution in [0.25, 0.3) is 11.0 Å². The van der Waals surface area contributed by atoms with E-state index in [-0.39, 0.29) is 23.7 Å². The number of hydrogen-bond donors (Lipinski definition) is 3. The molecule has 0 bridgehead atoms. The van der Waals surface area contributed by atoms with Gasteiger partial charge in [-0.1, -0.05) is 43.6 Å². The minimum atomic E-state index is -0.355. The van der Waals surface area contributed by atoms with E-state index < -0.39 is 0 Å². The smallest absolute Gasteiger partial charge is 0.276 e. The van der Waals surface area contributed by atoms with Crippen LogP contribution in [0.3, 0.4) is 0 Å². The van der Waals surface area contributed by atoms with E-state index in [0.717, 1.165) is 43.1 Å². The molecule has 210 valence electrons. The van der Waals surface area contributed by atoms with Gasteiger partial charge in [0.1, 0.15) is 11.2 Å². The summed E-state index contributed by atoms with van der Waals surface area (Å²) >= 11 is 1.57. The van der Waals surface area contributed by atoms with Gasteiger partial charge in [-0.05, 0) is 49.0 Å². The average molecular weight is 568 g/mol. The topological polar surface area (TPSA) is 115 Å². The number of carbonyl (C=O) groups excluding carboxylic acids is 2. The Kier molecular flexibility index (Phi) is 7.10. The third kappa shape index (κ3) is 5.54. The zero-order chi connectivity index (χ0) is 27.8. The van der Waals surface area contributed by atoms with E-state index in [1.165, 1.54) is 43.5 Å². The standard InChI is InChI=1S/C31H33N7O2S/c39-28(37-31-34-23-13-14-38(18-26(23)41-31)17-19-7-2-1-3-8-19)22-11-6-12-24-27(22)35-30(33-24)36-29(40)25-15-20-9-4-5-10-21(20)16-32-25/h4-6,9,11-12,15-16,19,21H,1-3,7-8,10,13-14,17-18H2,(H,34,37,39)(H2,33,35,36,40). The van der Waals surface area contributed by atoms with Gasteiger partial charge >= 0.3 is 0 Å². The largest absolute Gasteiger partial charge is 0.324 e. The molecule has 0 radical (unpaired) electrons. The fraction of sp³-hybridized carbons (Fsp3) is 0.387. The highest BCUT2D eigenvalue weighted by Gasteiger charge is 2.25. The molecule has 2 amide bonds. The minimum absolute atomic E-state index is 0.215. The Hall–Kier alpha value is -3.89. The van der Waals surface area contributed by atoms with E-state index in [4.69, 9.17) is 4.98 Å². The van der Waals surface area contributed by atoms with Crippen molar-refractivity contribution >= 4 is 51.5 Å². The first-order valence-corrected chi connectivity index (χ1v) is 15.4. The van der Waals surface area contributed by atoms with E-state index in [1.54, 1.807) is 23.5 Å². The van der Waals surface area contributed by atoms with Crippen LogP contribution < -0.4 is 10.6 Å². The third-order valence-corrected chi connectivity index (χ3v) is 9.43. The molecule has 3 N–H and O–H groups in total. The number of anilines is 2. The Morgan fingerprint density at radius 1 is 1.10 bits per heavy atom. The summed E-state index contributed by atoms with van der Waals surface area (Å²) in [7, 11) is 0. The molecule has 4 heterocycles. The van der Waals surface area contributed by atoms with Crippen LogP contribution in [-0.4, -0.2) is 51.0 Å². The van der Waals surface area contributed by atoms with Gasteiger partial charge < -0.3 is 4.98 Å². The zero-order valence-corrected chi connectivity index (χ0v) is 23.7. The number of para-hydroxylation sites is 1. The van der Waals surface area contributed by atoms with Gasteiger partial charge in [0, 0.05) is 43.1 Å². The maximum Gasteiger partial charge on any atom is 0.276 e. The predicted molar refractivity (Wildman–Crippen MR) is 162 cm³/mol. The predicted octanol–water partition coefficient (Wildman–Crippen LogP) is 5.62. The number of amides is 2. The number of rotatable bonds is 6. The fourth-order valence-electron chi connectivity index (χ4n) is 6.26. The van der Waals surface area contributed by atoms with Gasteiger partial charge in [0.05, 0.1) is 16.8 Å². The normalized spacial score (nSPS) is 20.7. The fourth-order valence-corrected chi connectivity index (χ4v) is 7.30. The molecule has 0 saturated heterocycles. The molecule has 0 spiro atoms. The molecule has 2 aliphatic carbocycles. The van der Waals surface area contributed by atoms with Crippen LogP contribution in [0.5, 0.6) is 0 Å². The molecule has 9 nitrogen and oxygen atoms in total. The SMILES string of the molecule is O=C(Nc1nc2c(C(=O)Nc3nc4c(s3)CN(CC3CCCCC3)CC4)cccc2[nH]1)C1=CC2=CC=CCC2C=N1. The molecule has 2 aromatic heterocycles. The van der Waals surface area contributed by atoms with Crippen molar-refractivity contribution in [3.8, 4) is 0 Å². The number of aromatic nitrogens is 3. The molecular weight excluding hydrogens is 534 g/mol. The van der Waals surface area contributed by atoms with Gasteiger partial charge in [-0.2, -0.15) is 0 Å². The second-order valence-corrected chi connectivity index (χ2v) is 12.4. The molecule has 1 fully saturated rings. The Morgan fingerprint density at radius 2 is 2.00 bits per heavy atom. The lowest BCUT2D eigenvalue weighted by molar-refractivity contribution is -0.112. The number of aromatic amines is 1. The zero-order valence-electron chi connectivity index (χ0n) is 22.9. The van der Waals surface area contributed by atoms with Crippen molar-refractivity contribution in [1.82, 2.24) is 19.9 Å². The maximum atomic E-state index is 13.3. The summed E-state index contributed by atoms with van der Waals surface area (Å²) in [4.78, 5) is 46.8. The molecule has 1 atom stereocenters. The average Bonchev–Trinajstić information content (AvgIpc) is 3.59. The summed E-state index contributed by atoms with van der Waals surface area (Å²) in [5.74, 6) is 0.670. The highest BCUT2D eigenvalue weighted by atomic mass is 32.1. The second-order valence-electron chi connectivity index (χ2n) is 11.3. The van der Waals surface area contributed by atoms with Gasteiger partial charge in [-0.3, -0.25) is 30.1 Å². The Labute approximate surface area is 242 Å². The number of nitrogens with zero attached hydrogens (tertiary/aromatic N) is 4. The van der Waals surface area contributed by atoms with Gasteiger partial charge in [0.15, 0.2) is 5.13 Å². The van der Waals surface area contributed by atoms with Crippen LogP contribution in [0.15, 0.2) is 58.8 Å². The van der Waals surface area contributed by atoms with Crippen molar-refractivity contribution in [2.75, 3.05) is 23.7 Å². The minimum Gasteiger partial charge on any atom is -0.324 e. The highest BCUT2D eigenvalue weighted by molar-refractivity contribution is 7.15. The van der Waals surface area contributed by atoms with Crippen molar-refractivity contribution in [1.29, 1.82) is 0 Å². The van der Waals surface area contributed by atoms with Crippen LogP contribution in [0.2, 0.25) is 0 Å². The summed E-state index contributed by atoms with van der Waals surface area (Å²) in [6, 6.07) is 5.37. The van der Waals surface area contributed by atoms with Gasteiger partial charge in [-0.15, -0.1) is 11.3 Å². The Morgan fingerprint density at radius 3 is 2.90 bits per heavy atom. The number of imidazole rings is 1. The molecule has 1 unspecified atom stereocenters. The molecule has 4 aliphatic rings. The lowest BCUT2D eigenvalue weighted by Gasteiger charge is -2.31. The van der Waals surface area contributed by atoms with Gasteiger partial charge in [0.2, 0.25) is 5.95 Å². The molecule has 7 rings (SSSR count). The van der Waals surface area contributed by atoms with E-state index in [9.17, 15) is 9.59 Å². The Bertz CT molecular complexity index is 1620. The number of allylic oxidation sites excluding steroid dienone is 5. The Balaban J connectivity index is 1.03. The lowest BCUT2D eigenvalue weighted by atomic mass is 9.88. The number of aliphatic imine (C=N–C) groups is 1. The monoisotopic (exact) mass is 567 g/mol. The van der Waals surface area contributed by atoms with Crippen LogP contribution in [0, 0.1) is 11.8 Å². The van der Waals surface area contributed by atoms with Crippen LogP contribution in [-0.2, 0) is 17.8 Å². The number of carbonyl (C=O) groups is 2. The molecule has 10 heteroatoms. The summed E-state index contributed by atoms with van der Waals surface area (Å²) in [6.45, 7) is 3.10. The van der Waals surface area contributed by atoms with Crippen molar-refractivity contribution in [3.05, 3.63) is 69.9 Å². The number of fused-ring (bicyclic) bond motifs is 3. The summed E-state index contributed by atoms with van der Waals surface area (Å²) in [6.07, 6.45) is 18.3.